The number of fused-ring (bicyclic) bond motifs is 1. The largest absolute Gasteiger partial charge is 0.349 e. The van der Waals surface area contributed by atoms with Crippen LogP contribution in [0.5, 0.6) is 0 Å². The summed E-state index contributed by atoms with van der Waals surface area (Å²) in [5.74, 6) is 5.41. The number of carbonyl (C=O) groups is 1. The number of anilines is 1. The third-order valence-electron chi connectivity index (χ3n) is 3.96. The fraction of sp³-hybridized carbons (Fsp3) is 0.235. The second-order valence-electron chi connectivity index (χ2n) is 5.54. The van der Waals surface area contributed by atoms with Gasteiger partial charge in [0.2, 0.25) is 0 Å². The molecule has 4 N–H and O–H groups in total. The molecule has 0 radical (unpaired) electrons. The molecule has 0 aromatic heterocycles. The van der Waals surface area contributed by atoms with E-state index in [1.807, 2.05) is 37.3 Å². The average molecular weight is 281 g/mol. The van der Waals surface area contributed by atoms with Crippen molar-refractivity contribution in [3.63, 3.8) is 0 Å². The number of nitrogens with one attached hydrogen (secondary N) is 2. The van der Waals surface area contributed by atoms with Gasteiger partial charge in [-0.1, -0.05) is 35.9 Å². The van der Waals surface area contributed by atoms with E-state index in [1.54, 1.807) is 0 Å². The molecule has 2 aromatic rings. The van der Waals surface area contributed by atoms with Gasteiger partial charge in [-0.05, 0) is 43.0 Å². The standard InChI is InChI=1S/C17H19N3O/c1-11-6-7-16(20-18)15(8-11)17(21)19-14-9-12-4-2-3-5-13(12)10-14/h2-8,14,20H,9-10,18H2,1H3,(H,19,21). The first-order valence-electron chi connectivity index (χ1n) is 7.12. The first-order chi connectivity index (χ1) is 10.2. The van der Waals surface area contributed by atoms with Gasteiger partial charge in [-0.15, -0.1) is 0 Å². The SMILES string of the molecule is Cc1ccc(NN)c(C(=O)NC2Cc3ccccc3C2)c1. The van der Waals surface area contributed by atoms with E-state index in [9.17, 15) is 4.79 Å². The lowest BCUT2D eigenvalue weighted by atomic mass is 10.1. The fourth-order valence-corrected chi connectivity index (χ4v) is 2.90. The van der Waals surface area contributed by atoms with Gasteiger partial charge in [0, 0.05) is 6.04 Å². The molecule has 0 spiro atoms. The lowest BCUT2D eigenvalue weighted by Crippen LogP contribution is -2.36. The predicted octanol–water partition coefficient (Wildman–Crippen LogP) is 2.18. The van der Waals surface area contributed by atoms with Crippen LogP contribution in [0.2, 0.25) is 0 Å². The summed E-state index contributed by atoms with van der Waals surface area (Å²) in [5.41, 5.74) is 7.51. The number of hydrogen-bond acceptors (Lipinski definition) is 3. The van der Waals surface area contributed by atoms with Crippen molar-refractivity contribution in [2.75, 3.05) is 5.43 Å². The Morgan fingerprint density at radius 3 is 2.43 bits per heavy atom. The summed E-state index contributed by atoms with van der Waals surface area (Å²) in [7, 11) is 0. The summed E-state index contributed by atoms with van der Waals surface area (Å²) in [5, 5.41) is 3.11. The summed E-state index contributed by atoms with van der Waals surface area (Å²) in [6, 6.07) is 14.1. The van der Waals surface area contributed by atoms with Crippen molar-refractivity contribution in [1.82, 2.24) is 5.32 Å². The average Bonchev–Trinajstić information content (AvgIpc) is 2.89. The quantitative estimate of drug-likeness (QED) is 0.596. The van der Waals surface area contributed by atoms with Crippen LogP contribution in [0.25, 0.3) is 0 Å². The molecule has 1 amide bonds. The van der Waals surface area contributed by atoms with Crippen molar-refractivity contribution in [1.29, 1.82) is 0 Å². The molecule has 21 heavy (non-hydrogen) atoms. The minimum atomic E-state index is -0.0792. The zero-order valence-corrected chi connectivity index (χ0v) is 12.0. The lowest BCUT2D eigenvalue weighted by molar-refractivity contribution is 0.0939. The van der Waals surface area contributed by atoms with Crippen LogP contribution in [0, 0.1) is 6.92 Å². The normalized spacial score (nSPS) is 13.8. The van der Waals surface area contributed by atoms with Crippen LogP contribution in [0.1, 0.15) is 27.0 Å². The topological polar surface area (TPSA) is 67.1 Å². The van der Waals surface area contributed by atoms with E-state index in [1.165, 1.54) is 11.1 Å². The third kappa shape index (κ3) is 2.76. The maximum Gasteiger partial charge on any atom is 0.253 e. The van der Waals surface area contributed by atoms with E-state index in [0.29, 0.717) is 11.3 Å². The van der Waals surface area contributed by atoms with Gasteiger partial charge in [-0.2, -0.15) is 0 Å². The highest BCUT2D eigenvalue weighted by Crippen LogP contribution is 2.23. The molecule has 0 aliphatic heterocycles. The van der Waals surface area contributed by atoms with Gasteiger partial charge < -0.3 is 10.7 Å². The third-order valence-corrected chi connectivity index (χ3v) is 3.96. The minimum absolute atomic E-state index is 0.0792. The highest BCUT2D eigenvalue weighted by Gasteiger charge is 2.23. The molecular weight excluding hydrogens is 262 g/mol. The van der Waals surface area contributed by atoms with Crippen molar-refractivity contribution in [2.45, 2.75) is 25.8 Å². The van der Waals surface area contributed by atoms with Crippen LogP contribution in [0.3, 0.4) is 0 Å². The lowest BCUT2D eigenvalue weighted by Gasteiger charge is -2.15. The summed E-state index contributed by atoms with van der Waals surface area (Å²) < 4.78 is 0. The molecule has 0 saturated heterocycles. The van der Waals surface area contributed by atoms with Crippen molar-refractivity contribution < 1.29 is 4.79 Å². The summed E-state index contributed by atoms with van der Waals surface area (Å²) in [6.45, 7) is 1.96. The van der Waals surface area contributed by atoms with E-state index < -0.39 is 0 Å². The van der Waals surface area contributed by atoms with Gasteiger partial charge in [-0.25, -0.2) is 0 Å². The smallest absolute Gasteiger partial charge is 0.253 e. The van der Waals surface area contributed by atoms with Crippen LogP contribution >= 0.6 is 0 Å². The molecule has 108 valence electrons. The Morgan fingerprint density at radius 1 is 1.14 bits per heavy atom. The number of hydrogen-bond donors (Lipinski definition) is 3. The summed E-state index contributed by atoms with van der Waals surface area (Å²) in [4.78, 5) is 12.5. The van der Waals surface area contributed by atoms with Crippen molar-refractivity contribution >= 4 is 11.6 Å². The van der Waals surface area contributed by atoms with E-state index >= 15 is 0 Å². The fourth-order valence-electron chi connectivity index (χ4n) is 2.90. The Bertz CT molecular complexity index is 656. The molecule has 0 fully saturated rings. The van der Waals surface area contributed by atoms with E-state index in [0.717, 1.165) is 18.4 Å². The first-order valence-corrected chi connectivity index (χ1v) is 7.12. The Kier molecular flexibility index (Phi) is 3.62. The molecule has 1 aliphatic rings. The number of hydrazine groups is 1. The Labute approximate surface area is 124 Å². The zero-order valence-electron chi connectivity index (χ0n) is 12.0. The van der Waals surface area contributed by atoms with Crippen molar-refractivity contribution in [3.05, 3.63) is 64.7 Å². The highest BCUT2D eigenvalue weighted by atomic mass is 16.1. The molecule has 2 aromatic carbocycles. The van der Waals surface area contributed by atoms with Gasteiger partial charge >= 0.3 is 0 Å². The number of amides is 1. The number of benzene rings is 2. The maximum atomic E-state index is 12.5. The minimum Gasteiger partial charge on any atom is -0.349 e. The Balaban J connectivity index is 1.75. The molecule has 4 nitrogen and oxygen atoms in total. The molecule has 1 aliphatic carbocycles. The van der Waals surface area contributed by atoms with Crippen LogP contribution < -0.4 is 16.6 Å². The Hall–Kier alpha value is -2.33. The van der Waals surface area contributed by atoms with E-state index in [-0.39, 0.29) is 11.9 Å². The van der Waals surface area contributed by atoms with Crippen molar-refractivity contribution in [2.24, 2.45) is 5.84 Å². The maximum absolute atomic E-state index is 12.5. The summed E-state index contributed by atoms with van der Waals surface area (Å²) in [6.07, 6.45) is 1.78. The molecule has 3 rings (SSSR count). The number of nitrogens with two attached hydrogens (primary N) is 1. The second kappa shape index (κ2) is 5.58. The molecule has 0 unspecified atom stereocenters. The van der Waals surface area contributed by atoms with Gasteiger partial charge in [0.15, 0.2) is 0 Å². The molecule has 0 heterocycles. The molecule has 4 heteroatoms. The molecular formula is C17H19N3O. The monoisotopic (exact) mass is 281 g/mol. The number of aryl methyl sites for hydroxylation is 1. The number of carbonyl (C=O) groups excluding carboxylic acids is 1. The van der Waals surface area contributed by atoms with E-state index in [2.05, 4.69) is 22.9 Å². The number of rotatable bonds is 3. The first kappa shape index (κ1) is 13.6. The van der Waals surface area contributed by atoms with Gasteiger partial charge in [0.1, 0.15) is 0 Å². The Morgan fingerprint density at radius 2 is 1.81 bits per heavy atom. The molecule has 0 saturated carbocycles. The zero-order chi connectivity index (χ0) is 14.8. The van der Waals surface area contributed by atoms with Crippen LogP contribution in [-0.4, -0.2) is 11.9 Å². The van der Waals surface area contributed by atoms with Crippen LogP contribution in [0.4, 0.5) is 5.69 Å². The van der Waals surface area contributed by atoms with Crippen molar-refractivity contribution in [3.8, 4) is 0 Å². The number of nitrogen functional groups attached to an aromatic ring is 1. The summed E-state index contributed by atoms with van der Waals surface area (Å²) >= 11 is 0. The van der Waals surface area contributed by atoms with E-state index in [4.69, 9.17) is 5.84 Å². The highest BCUT2D eigenvalue weighted by molar-refractivity contribution is 6.00. The van der Waals surface area contributed by atoms with Gasteiger partial charge in [-0.3, -0.25) is 10.6 Å². The predicted molar refractivity (Wildman–Crippen MR) is 84.1 cm³/mol. The molecule has 0 bridgehead atoms. The van der Waals surface area contributed by atoms with Crippen LogP contribution in [0.15, 0.2) is 42.5 Å². The van der Waals surface area contributed by atoms with Gasteiger partial charge in [0.05, 0.1) is 11.3 Å². The van der Waals surface area contributed by atoms with Crippen LogP contribution in [-0.2, 0) is 12.8 Å². The van der Waals surface area contributed by atoms with Gasteiger partial charge in [0.25, 0.3) is 5.91 Å². The second-order valence-corrected chi connectivity index (χ2v) is 5.54. The molecule has 0 atom stereocenters.